The second-order valence-electron chi connectivity index (χ2n) is 6.60. The number of piperidine rings is 1. The molecule has 1 aliphatic rings. The molecule has 0 spiro atoms. The molecule has 0 saturated carbocycles. The van der Waals surface area contributed by atoms with Gasteiger partial charge in [-0.1, -0.05) is 18.2 Å². The first-order valence-electron chi connectivity index (χ1n) is 9.01. The average molecular weight is 400 g/mol. The molecule has 0 unspecified atom stereocenters. The van der Waals surface area contributed by atoms with Crippen LogP contribution in [0.5, 0.6) is 5.75 Å². The summed E-state index contributed by atoms with van der Waals surface area (Å²) in [5.74, 6) is 1.42. The van der Waals surface area contributed by atoms with Gasteiger partial charge in [0.05, 0.1) is 12.0 Å². The van der Waals surface area contributed by atoms with E-state index in [9.17, 15) is 4.79 Å². The Bertz CT molecular complexity index is 882. The smallest absolute Gasteiger partial charge is 0.263 e. The molecule has 0 N–H and O–H groups in total. The van der Waals surface area contributed by atoms with Crippen LogP contribution in [0.25, 0.3) is 0 Å². The fraction of sp³-hybridized carbons (Fsp3) is 0.350. The highest BCUT2D eigenvalue weighted by Crippen LogP contribution is 2.31. The molecule has 0 bridgehead atoms. The lowest BCUT2D eigenvalue weighted by Crippen LogP contribution is -2.37. The molecule has 7 heteroatoms. The molecule has 0 radical (unpaired) electrons. The van der Waals surface area contributed by atoms with Crippen LogP contribution >= 0.6 is 22.7 Å². The number of hydrogen-bond donors (Lipinski definition) is 0. The van der Waals surface area contributed by atoms with Crippen LogP contribution in [0.4, 0.5) is 0 Å². The van der Waals surface area contributed by atoms with Crippen molar-refractivity contribution in [3.05, 3.63) is 62.2 Å². The number of carbonyl (C=O) groups is 1. The van der Waals surface area contributed by atoms with Crippen LogP contribution < -0.4 is 4.74 Å². The number of amides is 1. The first-order chi connectivity index (χ1) is 13.2. The molecule has 140 valence electrons. The number of likely N-dealkylation sites (tertiary alicyclic amines) is 1. The van der Waals surface area contributed by atoms with Crippen molar-refractivity contribution in [2.45, 2.75) is 25.2 Å². The summed E-state index contributed by atoms with van der Waals surface area (Å²) in [6.07, 6.45) is 2.69. The van der Waals surface area contributed by atoms with Crippen molar-refractivity contribution >= 4 is 28.6 Å². The lowest BCUT2D eigenvalue weighted by atomic mass is 9.97. The predicted octanol–water partition coefficient (Wildman–Crippen LogP) is 4.22. The van der Waals surface area contributed by atoms with Gasteiger partial charge < -0.3 is 9.64 Å². The SMILES string of the molecule is COc1ccc(Cc2nnc(C3CCN(C(=O)c4cccs4)CC3)s2)cc1. The van der Waals surface area contributed by atoms with E-state index in [2.05, 4.69) is 22.3 Å². The molecular formula is C20H21N3O2S2. The number of benzene rings is 1. The Kier molecular flexibility index (Phi) is 5.50. The first-order valence-corrected chi connectivity index (χ1v) is 10.7. The van der Waals surface area contributed by atoms with E-state index in [1.54, 1.807) is 18.4 Å². The molecular weight excluding hydrogens is 378 g/mol. The summed E-state index contributed by atoms with van der Waals surface area (Å²) in [5, 5.41) is 12.9. The van der Waals surface area contributed by atoms with Crippen LogP contribution in [-0.2, 0) is 6.42 Å². The maximum absolute atomic E-state index is 12.5. The lowest BCUT2D eigenvalue weighted by molar-refractivity contribution is 0.0718. The number of methoxy groups -OCH3 is 1. The second kappa shape index (κ2) is 8.19. The van der Waals surface area contributed by atoms with Crippen LogP contribution in [0.2, 0.25) is 0 Å². The minimum absolute atomic E-state index is 0.154. The molecule has 5 nitrogen and oxygen atoms in total. The summed E-state index contributed by atoms with van der Waals surface area (Å²) in [6.45, 7) is 1.57. The summed E-state index contributed by atoms with van der Waals surface area (Å²) in [7, 11) is 1.67. The quantitative estimate of drug-likeness (QED) is 0.645. The van der Waals surface area contributed by atoms with Gasteiger partial charge >= 0.3 is 0 Å². The molecule has 27 heavy (non-hydrogen) atoms. The van der Waals surface area contributed by atoms with Crippen LogP contribution in [0, 0.1) is 0 Å². The van der Waals surface area contributed by atoms with Crippen LogP contribution in [-0.4, -0.2) is 41.2 Å². The van der Waals surface area contributed by atoms with Crippen molar-refractivity contribution < 1.29 is 9.53 Å². The normalized spacial score (nSPS) is 15.1. The second-order valence-corrected chi connectivity index (χ2v) is 8.64. The van der Waals surface area contributed by atoms with Gasteiger partial charge in [-0.25, -0.2) is 0 Å². The number of ether oxygens (including phenoxy) is 1. The van der Waals surface area contributed by atoms with E-state index >= 15 is 0 Å². The highest BCUT2D eigenvalue weighted by molar-refractivity contribution is 7.12. The van der Waals surface area contributed by atoms with Crippen molar-refractivity contribution in [2.75, 3.05) is 20.2 Å². The monoisotopic (exact) mass is 399 g/mol. The van der Waals surface area contributed by atoms with E-state index < -0.39 is 0 Å². The van der Waals surface area contributed by atoms with Gasteiger partial charge in [0.1, 0.15) is 15.8 Å². The number of carbonyl (C=O) groups excluding carboxylic acids is 1. The summed E-state index contributed by atoms with van der Waals surface area (Å²) < 4.78 is 5.20. The maximum atomic E-state index is 12.5. The van der Waals surface area contributed by atoms with Crippen molar-refractivity contribution in [2.24, 2.45) is 0 Å². The van der Waals surface area contributed by atoms with Crippen LogP contribution in [0.15, 0.2) is 41.8 Å². The zero-order valence-corrected chi connectivity index (χ0v) is 16.8. The summed E-state index contributed by atoms with van der Waals surface area (Å²) in [5.41, 5.74) is 1.20. The van der Waals surface area contributed by atoms with Gasteiger partial charge in [0.15, 0.2) is 0 Å². The standard InChI is InChI=1S/C20H21N3O2S2/c1-25-16-6-4-14(5-7-16)13-18-21-22-19(27-18)15-8-10-23(11-9-15)20(24)17-3-2-12-26-17/h2-7,12,15H,8-11,13H2,1H3. The largest absolute Gasteiger partial charge is 0.497 e. The topological polar surface area (TPSA) is 55.3 Å². The van der Waals surface area contributed by atoms with Crippen molar-refractivity contribution in [3.63, 3.8) is 0 Å². The third-order valence-corrected chi connectivity index (χ3v) is 6.80. The predicted molar refractivity (Wildman–Crippen MR) is 108 cm³/mol. The highest BCUT2D eigenvalue weighted by Gasteiger charge is 2.27. The highest BCUT2D eigenvalue weighted by atomic mass is 32.1. The van der Waals surface area contributed by atoms with E-state index in [4.69, 9.17) is 4.74 Å². The van der Waals surface area contributed by atoms with Gasteiger partial charge in [0.25, 0.3) is 5.91 Å². The number of hydrogen-bond acceptors (Lipinski definition) is 6. The number of rotatable bonds is 5. The van der Waals surface area contributed by atoms with E-state index in [-0.39, 0.29) is 5.91 Å². The lowest BCUT2D eigenvalue weighted by Gasteiger charge is -2.30. The zero-order chi connectivity index (χ0) is 18.6. The van der Waals surface area contributed by atoms with E-state index in [1.807, 2.05) is 34.5 Å². The molecule has 1 amide bonds. The zero-order valence-electron chi connectivity index (χ0n) is 15.1. The van der Waals surface area contributed by atoms with Gasteiger partial charge in [-0.05, 0) is 42.0 Å². The molecule has 1 aromatic carbocycles. The molecule has 1 saturated heterocycles. The molecule has 0 atom stereocenters. The Morgan fingerprint density at radius 1 is 1.19 bits per heavy atom. The average Bonchev–Trinajstić information content (AvgIpc) is 3.41. The Hall–Kier alpha value is -2.25. The van der Waals surface area contributed by atoms with Gasteiger partial charge in [-0.3, -0.25) is 4.79 Å². The Morgan fingerprint density at radius 2 is 1.96 bits per heavy atom. The summed E-state index contributed by atoms with van der Waals surface area (Å²) >= 11 is 3.21. The van der Waals surface area contributed by atoms with Gasteiger partial charge in [-0.2, -0.15) is 0 Å². The number of nitrogens with zero attached hydrogens (tertiary/aromatic N) is 3. The van der Waals surface area contributed by atoms with Crippen molar-refractivity contribution in [1.82, 2.24) is 15.1 Å². The van der Waals surface area contributed by atoms with Crippen molar-refractivity contribution in [1.29, 1.82) is 0 Å². The molecule has 3 aromatic rings. The summed E-state index contributed by atoms with van der Waals surface area (Å²) in [4.78, 5) is 15.2. The van der Waals surface area contributed by atoms with E-state index in [1.165, 1.54) is 16.9 Å². The Labute approximate surface area is 166 Å². The Morgan fingerprint density at radius 3 is 2.63 bits per heavy atom. The van der Waals surface area contributed by atoms with Gasteiger partial charge in [0.2, 0.25) is 0 Å². The Balaban J connectivity index is 1.34. The van der Waals surface area contributed by atoms with Crippen LogP contribution in [0.1, 0.15) is 44.0 Å². The minimum atomic E-state index is 0.154. The van der Waals surface area contributed by atoms with Gasteiger partial charge in [-0.15, -0.1) is 32.9 Å². The molecule has 4 rings (SSSR count). The number of thiophene rings is 1. The maximum Gasteiger partial charge on any atom is 0.263 e. The first kappa shape index (κ1) is 18.1. The molecule has 1 aliphatic heterocycles. The molecule has 2 aromatic heterocycles. The molecule has 1 fully saturated rings. The minimum Gasteiger partial charge on any atom is -0.497 e. The molecule has 0 aliphatic carbocycles. The van der Waals surface area contributed by atoms with Gasteiger partial charge in [0, 0.05) is 25.4 Å². The van der Waals surface area contributed by atoms with Crippen LogP contribution in [0.3, 0.4) is 0 Å². The third-order valence-electron chi connectivity index (χ3n) is 4.86. The van der Waals surface area contributed by atoms with E-state index in [0.717, 1.165) is 53.0 Å². The van der Waals surface area contributed by atoms with Crippen molar-refractivity contribution in [3.8, 4) is 5.75 Å². The number of aromatic nitrogens is 2. The fourth-order valence-corrected chi connectivity index (χ4v) is 5.04. The third kappa shape index (κ3) is 4.20. The summed E-state index contributed by atoms with van der Waals surface area (Å²) in [6, 6.07) is 11.9. The fourth-order valence-electron chi connectivity index (χ4n) is 3.31. The molecule has 3 heterocycles. The van der Waals surface area contributed by atoms with E-state index in [0.29, 0.717) is 5.92 Å².